The molecule has 0 spiro atoms. The minimum atomic E-state index is -1.29. The molecule has 2 amide bonds. The fourth-order valence-corrected chi connectivity index (χ4v) is 2.06. The first kappa shape index (κ1) is 18.1. The first-order chi connectivity index (χ1) is 11.8. The summed E-state index contributed by atoms with van der Waals surface area (Å²) in [4.78, 5) is 33.6. The van der Waals surface area contributed by atoms with Crippen LogP contribution in [0.15, 0.2) is 47.1 Å². The summed E-state index contributed by atoms with van der Waals surface area (Å²) >= 11 is 0. The largest absolute Gasteiger partial charge is 0.469 e. The topological polar surface area (TPSA) is 135 Å². The lowest BCUT2D eigenvalue weighted by Gasteiger charge is -2.22. The van der Waals surface area contributed by atoms with Gasteiger partial charge in [0.25, 0.3) is 5.69 Å². The van der Waals surface area contributed by atoms with Gasteiger partial charge in [-0.25, -0.2) is 0 Å². The Morgan fingerprint density at radius 1 is 1.24 bits per heavy atom. The van der Waals surface area contributed by atoms with E-state index in [9.17, 15) is 24.8 Å². The van der Waals surface area contributed by atoms with E-state index in [0.717, 1.165) is 0 Å². The molecule has 1 aromatic carbocycles. The van der Waals surface area contributed by atoms with Crippen LogP contribution in [0, 0.1) is 10.1 Å². The number of hydrogen-bond acceptors (Lipinski definition) is 6. The monoisotopic (exact) mass is 347 g/mol. The van der Waals surface area contributed by atoms with Crippen molar-refractivity contribution in [3.8, 4) is 0 Å². The van der Waals surface area contributed by atoms with Crippen LogP contribution in [0.2, 0.25) is 0 Å². The van der Waals surface area contributed by atoms with E-state index in [0.29, 0.717) is 5.76 Å². The Morgan fingerprint density at radius 3 is 2.48 bits per heavy atom. The predicted molar refractivity (Wildman–Crippen MR) is 87.8 cm³/mol. The highest BCUT2D eigenvalue weighted by Gasteiger charge is 2.25. The molecule has 9 heteroatoms. The lowest BCUT2D eigenvalue weighted by Crippen LogP contribution is -2.45. The number of amides is 2. The molecule has 0 aliphatic carbocycles. The molecule has 1 heterocycles. The molecule has 2 aromatic rings. The molecule has 1 aromatic heterocycles. The Hall–Kier alpha value is -3.20. The summed E-state index contributed by atoms with van der Waals surface area (Å²) in [6.07, 6.45) is 1.64. The molecule has 9 nitrogen and oxygen atoms in total. The second-order valence-electron chi connectivity index (χ2n) is 5.69. The van der Waals surface area contributed by atoms with Crippen molar-refractivity contribution < 1.29 is 24.0 Å². The van der Waals surface area contributed by atoms with E-state index >= 15 is 0 Å². The maximum Gasteiger partial charge on any atom is 0.313 e. The van der Waals surface area contributed by atoms with Crippen LogP contribution in [0.4, 0.5) is 11.4 Å². The molecule has 3 N–H and O–H groups in total. The molecule has 1 unspecified atom stereocenters. The molecule has 1 atom stereocenters. The fraction of sp³-hybridized carbons (Fsp3) is 0.250. The van der Waals surface area contributed by atoms with Gasteiger partial charge in [-0.05, 0) is 31.2 Å². The maximum absolute atomic E-state index is 11.8. The Bertz CT molecular complexity index is 753. The summed E-state index contributed by atoms with van der Waals surface area (Å²) in [5.74, 6) is -1.32. The Balaban J connectivity index is 1.85. The molecular formula is C16H17N3O6. The first-order valence-electron chi connectivity index (χ1n) is 7.35. The molecule has 0 saturated heterocycles. The number of rotatable bonds is 6. The number of nitrogens with one attached hydrogen (secondary N) is 2. The summed E-state index contributed by atoms with van der Waals surface area (Å²) in [6.45, 7) is 1.35. The summed E-state index contributed by atoms with van der Waals surface area (Å²) in [7, 11) is 0. The van der Waals surface area contributed by atoms with Crippen LogP contribution in [-0.2, 0) is 16.0 Å². The number of anilines is 1. The summed E-state index contributed by atoms with van der Waals surface area (Å²) in [5, 5.41) is 25.4. The molecule has 0 aliphatic rings. The third kappa shape index (κ3) is 5.43. The van der Waals surface area contributed by atoms with Crippen molar-refractivity contribution in [3.63, 3.8) is 0 Å². The van der Waals surface area contributed by atoms with Crippen molar-refractivity contribution in [1.82, 2.24) is 5.32 Å². The number of nitro groups is 1. The molecule has 132 valence electrons. The van der Waals surface area contributed by atoms with Crippen molar-refractivity contribution in [2.75, 3.05) is 11.9 Å². The zero-order chi connectivity index (χ0) is 18.4. The van der Waals surface area contributed by atoms with Gasteiger partial charge in [-0.3, -0.25) is 19.7 Å². The zero-order valence-electron chi connectivity index (χ0n) is 13.4. The predicted octanol–water partition coefficient (Wildman–Crippen LogP) is 1.24. The van der Waals surface area contributed by atoms with Gasteiger partial charge in [0, 0.05) is 30.8 Å². The Labute approximate surface area is 142 Å². The third-order valence-corrected chi connectivity index (χ3v) is 3.31. The van der Waals surface area contributed by atoms with Crippen LogP contribution < -0.4 is 10.6 Å². The molecule has 25 heavy (non-hydrogen) atoms. The lowest BCUT2D eigenvalue weighted by atomic mass is 10.0. The van der Waals surface area contributed by atoms with Gasteiger partial charge in [0.2, 0.25) is 0 Å². The Kier molecular flexibility index (Phi) is 5.50. The summed E-state index contributed by atoms with van der Waals surface area (Å²) < 4.78 is 5.13. The van der Waals surface area contributed by atoms with E-state index in [4.69, 9.17) is 4.42 Å². The van der Waals surface area contributed by atoms with Crippen LogP contribution in [0.5, 0.6) is 0 Å². The molecule has 2 rings (SSSR count). The fourth-order valence-electron chi connectivity index (χ4n) is 2.06. The third-order valence-electron chi connectivity index (χ3n) is 3.31. The zero-order valence-corrected chi connectivity index (χ0v) is 13.4. The van der Waals surface area contributed by atoms with Gasteiger partial charge in [0.1, 0.15) is 5.76 Å². The maximum atomic E-state index is 11.8. The quantitative estimate of drug-likeness (QED) is 0.409. The van der Waals surface area contributed by atoms with E-state index in [-0.39, 0.29) is 24.3 Å². The smallest absolute Gasteiger partial charge is 0.313 e. The van der Waals surface area contributed by atoms with Crippen molar-refractivity contribution in [2.45, 2.75) is 18.9 Å². The van der Waals surface area contributed by atoms with Gasteiger partial charge in [0.15, 0.2) is 0 Å². The van der Waals surface area contributed by atoms with Crippen molar-refractivity contribution in [1.29, 1.82) is 0 Å². The average molecular weight is 347 g/mol. The highest BCUT2D eigenvalue weighted by Crippen LogP contribution is 2.15. The van der Waals surface area contributed by atoms with Crippen molar-refractivity contribution >= 4 is 23.2 Å². The Morgan fingerprint density at radius 2 is 1.92 bits per heavy atom. The van der Waals surface area contributed by atoms with Gasteiger partial charge in [-0.15, -0.1) is 0 Å². The van der Waals surface area contributed by atoms with Gasteiger partial charge in [-0.1, -0.05) is 0 Å². The van der Waals surface area contributed by atoms with E-state index < -0.39 is 22.3 Å². The SMILES string of the molecule is CC(O)(CNC(=O)C(=O)Nc1ccc([N+](=O)[O-])cc1)Cc1ccco1. The number of carbonyl (C=O) groups excluding carboxylic acids is 2. The minimum absolute atomic E-state index is 0.128. The average Bonchev–Trinajstić information content (AvgIpc) is 3.05. The summed E-state index contributed by atoms with van der Waals surface area (Å²) in [6, 6.07) is 8.43. The van der Waals surface area contributed by atoms with Crippen molar-refractivity contribution in [2.24, 2.45) is 0 Å². The number of furan rings is 1. The number of hydrogen-bond donors (Lipinski definition) is 3. The van der Waals surface area contributed by atoms with Gasteiger partial charge >= 0.3 is 11.8 Å². The number of carbonyl (C=O) groups is 2. The highest BCUT2D eigenvalue weighted by molar-refractivity contribution is 6.39. The van der Waals surface area contributed by atoms with Gasteiger partial charge < -0.3 is 20.2 Å². The van der Waals surface area contributed by atoms with Crippen LogP contribution in [-0.4, -0.2) is 34.0 Å². The van der Waals surface area contributed by atoms with Crippen LogP contribution >= 0.6 is 0 Å². The minimum Gasteiger partial charge on any atom is -0.469 e. The van der Waals surface area contributed by atoms with E-state index in [2.05, 4.69) is 10.6 Å². The standard InChI is InChI=1S/C16H17N3O6/c1-16(22,9-13-3-2-8-25-13)10-17-14(20)15(21)18-11-4-6-12(7-5-11)19(23)24/h2-8,22H,9-10H2,1H3,(H,17,20)(H,18,21). The second-order valence-corrected chi connectivity index (χ2v) is 5.69. The molecule has 0 fully saturated rings. The second kappa shape index (κ2) is 7.58. The lowest BCUT2D eigenvalue weighted by molar-refractivity contribution is -0.384. The van der Waals surface area contributed by atoms with Crippen molar-refractivity contribution in [3.05, 3.63) is 58.5 Å². The van der Waals surface area contributed by atoms with Gasteiger partial charge in [0.05, 0.1) is 16.8 Å². The molecular weight excluding hydrogens is 330 g/mol. The van der Waals surface area contributed by atoms with Crippen LogP contribution in [0.1, 0.15) is 12.7 Å². The molecule has 0 bridgehead atoms. The number of non-ortho nitro benzene ring substituents is 1. The number of nitro benzene ring substituents is 1. The van der Waals surface area contributed by atoms with E-state index in [1.54, 1.807) is 12.1 Å². The number of aliphatic hydroxyl groups is 1. The highest BCUT2D eigenvalue weighted by atomic mass is 16.6. The number of benzene rings is 1. The van der Waals surface area contributed by atoms with Crippen LogP contribution in [0.25, 0.3) is 0 Å². The van der Waals surface area contributed by atoms with E-state index in [1.807, 2.05) is 0 Å². The molecule has 0 radical (unpaired) electrons. The molecule has 0 aliphatic heterocycles. The van der Waals surface area contributed by atoms with E-state index in [1.165, 1.54) is 37.5 Å². The summed E-state index contributed by atoms with van der Waals surface area (Å²) in [5.41, 5.74) is -1.18. The first-order valence-corrected chi connectivity index (χ1v) is 7.35. The normalized spacial score (nSPS) is 12.9. The van der Waals surface area contributed by atoms with Crippen LogP contribution in [0.3, 0.4) is 0 Å². The number of nitrogens with zero attached hydrogens (tertiary/aromatic N) is 1. The molecule has 0 saturated carbocycles. The van der Waals surface area contributed by atoms with Gasteiger partial charge in [-0.2, -0.15) is 0 Å².